The minimum Gasteiger partial charge on any atom is -0.493 e. The van der Waals surface area contributed by atoms with Gasteiger partial charge in [-0.3, -0.25) is 0 Å². The fourth-order valence-electron chi connectivity index (χ4n) is 2.50. The van der Waals surface area contributed by atoms with E-state index in [-0.39, 0.29) is 5.97 Å². The third-order valence-electron chi connectivity index (χ3n) is 3.92. The molecular weight excluding hydrogens is 346 g/mol. The van der Waals surface area contributed by atoms with Crippen molar-refractivity contribution in [2.24, 2.45) is 0 Å². The fraction of sp³-hybridized carbons (Fsp3) is 0.150. The van der Waals surface area contributed by atoms with E-state index in [0.717, 1.165) is 11.3 Å². The summed E-state index contributed by atoms with van der Waals surface area (Å²) in [5.74, 6) is 1.50. The number of benzene rings is 2. The van der Waals surface area contributed by atoms with E-state index in [1.54, 1.807) is 38.5 Å². The molecule has 3 rings (SSSR count). The van der Waals surface area contributed by atoms with Gasteiger partial charge in [0.25, 0.3) is 0 Å². The predicted octanol–water partition coefficient (Wildman–Crippen LogP) is 3.69. The zero-order valence-electron chi connectivity index (χ0n) is 15.2. The summed E-state index contributed by atoms with van der Waals surface area (Å²) in [6, 6.07) is 16.2. The van der Waals surface area contributed by atoms with Crippen LogP contribution in [0.3, 0.4) is 0 Å². The van der Waals surface area contributed by atoms with Crippen LogP contribution in [0.1, 0.15) is 10.4 Å². The van der Waals surface area contributed by atoms with Gasteiger partial charge in [0.05, 0.1) is 32.6 Å². The smallest absolute Gasteiger partial charge is 0.337 e. The molecule has 0 radical (unpaired) electrons. The van der Waals surface area contributed by atoms with E-state index in [0.29, 0.717) is 28.6 Å². The van der Waals surface area contributed by atoms with E-state index in [9.17, 15) is 4.79 Å². The molecule has 138 valence electrons. The molecule has 0 aliphatic heterocycles. The second kappa shape index (κ2) is 8.18. The maximum Gasteiger partial charge on any atom is 0.337 e. The summed E-state index contributed by atoms with van der Waals surface area (Å²) in [6.07, 6.45) is 0. The molecule has 0 saturated heterocycles. The number of carbonyl (C=O) groups is 1. The molecule has 0 aliphatic carbocycles. The van der Waals surface area contributed by atoms with Crippen molar-refractivity contribution in [3.8, 4) is 22.8 Å². The van der Waals surface area contributed by atoms with E-state index >= 15 is 0 Å². The van der Waals surface area contributed by atoms with Crippen molar-refractivity contribution in [1.29, 1.82) is 0 Å². The van der Waals surface area contributed by atoms with Gasteiger partial charge in [-0.05, 0) is 54.6 Å². The van der Waals surface area contributed by atoms with Gasteiger partial charge in [0.2, 0.25) is 0 Å². The highest BCUT2D eigenvalue weighted by atomic mass is 16.5. The number of rotatable bonds is 6. The Labute approximate surface area is 156 Å². The monoisotopic (exact) mass is 365 g/mol. The molecule has 0 aliphatic rings. The lowest BCUT2D eigenvalue weighted by Gasteiger charge is -2.10. The first-order valence-electron chi connectivity index (χ1n) is 8.16. The Morgan fingerprint density at radius 2 is 1.59 bits per heavy atom. The molecule has 0 amide bonds. The van der Waals surface area contributed by atoms with Crippen LogP contribution >= 0.6 is 0 Å². The summed E-state index contributed by atoms with van der Waals surface area (Å²) >= 11 is 0. The van der Waals surface area contributed by atoms with Crippen LogP contribution in [0.25, 0.3) is 11.3 Å². The quantitative estimate of drug-likeness (QED) is 0.667. The third-order valence-corrected chi connectivity index (χ3v) is 3.92. The highest BCUT2D eigenvalue weighted by molar-refractivity contribution is 5.89. The van der Waals surface area contributed by atoms with Gasteiger partial charge in [0.15, 0.2) is 17.3 Å². The molecule has 1 heterocycles. The second-order valence-corrected chi connectivity index (χ2v) is 5.57. The zero-order valence-corrected chi connectivity index (χ0v) is 15.2. The van der Waals surface area contributed by atoms with Crippen molar-refractivity contribution in [2.75, 3.05) is 26.6 Å². The first-order chi connectivity index (χ1) is 13.1. The topological polar surface area (TPSA) is 82.6 Å². The number of esters is 1. The van der Waals surface area contributed by atoms with Crippen molar-refractivity contribution in [1.82, 2.24) is 10.2 Å². The molecule has 7 nitrogen and oxygen atoms in total. The first-order valence-corrected chi connectivity index (χ1v) is 8.16. The molecule has 0 fully saturated rings. The van der Waals surface area contributed by atoms with Crippen molar-refractivity contribution in [2.45, 2.75) is 0 Å². The van der Waals surface area contributed by atoms with Crippen molar-refractivity contribution in [3.05, 3.63) is 60.2 Å². The number of hydrogen-bond donors (Lipinski definition) is 1. The van der Waals surface area contributed by atoms with Gasteiger partial charge in [0.1, 0.15) is 0 Å². The van der Waals surface area contributed by atoms with E-state index in [4.69, 9.17) is 9.47 Å². The van der Waals surface area contributed by atoms with Crippen LogP contribution in [0.2, 0.25) is 0 Å². The van der Waals surface area contributed by atoms with Gasteiger partial charge >= 0.3 is 5.97 Å². The molecule has 3 aromatic rings. The third kappa shape index (κ3) is 4.14. The minimum absolute atomic E-state index is 0.374. The lowest BCUT2D eigenvalue weighted by Crippen LogP contribution is -2.01. The summed E-state index contributed by atoms with van der Waals surface area (Å²) in [7, 11) is 4.53. The highest BCUT2D eigenvalue weighted by Crippen LogP contribution is 2.31. The Kier molecular flexibility index (Phi) is 5.51. The van der Waals surface area contributed by atoms with E-state index in [1.807, 2.05) is 30.3 Å². The van der Waals surface area contributed by atoms with Crippen molar-refractivity contribution in [3.63, 3.8) is 0 Å². The predicted molar refractivity (Wildman–Crippen MR) is 102 cm³/mol. The lowest BCUT2D eigenvalue weighted by molar-refractivity contribution is 0.0601. The van der Waals surface area contributed by atoms with Gasteiger partial charge < -0.3 is 19.5 Å². The molecule has 0 saturated carbocycles. The molecule has 27 heavy (non-hydrogen) atoms. The summed E-state index contributed by atoms with van der Waals surface area (Å²) in [5.41, 5.74) is 2.85. The van der Waals surface area contributed by atoms with Gasteiger partial charge in [0, 0.05) is 11.3 Å². The Morgan fingerprint density at radius 1 is 0.852 bits per heavy atom. The molecule has 1 N–H and O–H groups in total. The first kappa shape index (κ1) is 18.2. The Balaban J connectivity index is 1.75. The van der Waals surface area contributed by atoms with E-state index < -0.39 is 0 Å². The molecule has 0 atom stereocenters. The molecule has 2 aromatic carbocycles. The number of methoxy groups -OCH3 is 3. The Bertz CT molecular complexity index is 925. The standard InChI is InChI=1S/C20H19N3O4/c1-25-17-10-6-14(12-18(17)26-2)16-9-11-19(23-22-16)21-15-7-4-13(5-8-15)20(24)27-3/h4-12H,1-3H3,(H,21,23). The van der Waals surface area contributed by atoms with Gasteiger partial charge in [-0.25, -0.2) is 4.79 Å². The molecular formula is C20H19N3O4. The summed E-state index contributed by atoms with van der Waals surface area (Å²) in [5, 5.41) is 11.6. The maximum absolute atomic E-state index is 11.5. The van der Waals surface area contributed by atoms with Crippen LogP contribution in [0, 0.1) is 0 Å². The number of ether oxygens (including phenoxy) is 3. The van der Waals surface area contributed by atoms with Crippen LogP contribution in [-0.2, 0) is 4.74 Å². The van der Waals surface area contributed by atoms with E-state index in [2.05, 4.69) is 20.3 Å². The number of anilines is 2. The minimum atomic E-state index is -0.374. The van der Waals surface area contributed by atoms with Crippen LogP contribution in [-0.4, -0.2) is 37.5 Å². The largest absolute Gasteiger partial charge is 0.493 e. The van der Waals surface area contributed by atoms with Crippen LogP contribution < -0.4 is 14.8 Å². The Hall–Kier alpha value is -3.61. The van der Waals surface area contributed by atoms with Crippen molar-refractivity contribution >= 4 is 17.5 Å². The molecule has 7 heteroatoms. The normalized spacial score (nSPS) is 10.2. The van der Waals surface area contributed by atoms with Gasteiger partial charge in [-0.2, -0.15) is 0 Å². The summed E-state index contributed by atoms with van der Waals surface area (Å²) in [4.78, 5) is 11.5. The van der Waals surface area contributed by atoms with Gasteiger partial charge in [-0.15, -0.1) is 10.2 Å². The van der Waals surface area contributed by atoms with Crippen LogP contribution in [0.5, 0.6) is 11.5 Å². The molecule has 0 bridgehead atoms. The Morgan fingerprint density at radius 3 is 2.19 bits per heavy atom. The average Bonchev–Trinajstić information content (AvgIpc) is 2.73. The van der Waals surface area contributed by atoms with Crippen LogP contribution in [0.15, 0.2) is 54.6 Å². The number of nitrogens with one attached hydrogen (secondary N) is 1. The summed E-state index contributed by atoms with van der Waals surface area (Å²) < 4.78 is 15.2. The van der Waals surface area contributed by atoms with E-state index in [1.165, 1.54) is 7.11 Å². The average molecular weight is 365 g/mol. The van der Waals surface area contributed by atoms with Gasteiger partial charge in [-0.1, -0.05) is 0 Å². The molecule has 1 aromatic heterocycles. The molecule has 0 unspecified atom stereocenters. The highest BCUT2D eigenvalue weighted by Gasteiger charge is 2.08. The van der Waals surface area contributed by atoms with Crippen LogP contribution in [0.4, 0.5) is 11.5 Å². The SMILES string of the molecule is COC(=O)c1ccc(Nc2ccc(-c3ccc(OC)c(OC)c3)nn2)cc1. The number of nitrogens with zero attached hydrogens (tertiary/aromatic N) is 2. The second-order valence-electron chi connectivity index (χ2n) is 5.57. The number of carbonyl (C=O) groups excluding carboxylic acids is 1. The molecule has 0 spiro atoms. The lowest BCUT2D eigenvalue weighted by atomic mass is 10.1. The fourth-order valence-corrected chi connectivity index (χ4v) is 2.50. The zero-order chi connectivity index (χ0) is 19.2. The summed E-state index contributed by atoms with van der Waals surface area (Å²) in [6.45, 7) is 0. The number of aromatic nitrogens is 2. The van der Waals surface area contributed by atoms with Crippen molar-refractivity contribution < 1.29 is 19.0 Å². The maximum atomic E-state index is 11.5. The number of hydrogen-bond acceptors (Lipinski definition) is 7.